The second-order valence-corrected chi connectivity index (χ2v) is 15.6. The molecule has 3 aliphatic rings. The first-order chi connectivity index (χ1) is 28.8. The van der Waals surface area contributed by atoms with Crippen molar-refractivity contribution in [3.8, 4) is 34.4 Å². The first kappa shape index (κ1) is 41.4. The molecule has 0 spiro atoms. The summed E-state index contributed by atoms with van der Waals surface area (Å²) in [6.45, 7) is 4.37. The van der Waals surface area contributed by atoms with Crippen molar-refractivity contribution >= 4 is 11.6 Å². The number of carbonyl (C=O) groups is 1. The van der Waals surface area contributed by atoms with Crippen LogP contribution in [0.5, 0.6) is 17.2 Å². The van der Waals surface area contributed by atoms with Crippen molar-refractivity contribution in [3.63, 3.8) is 0 Å². The van der Waals surface area contributed by atoms with Crippen LogP contribution in [-0.4, -0.2) is 72.5 Å². The molecule has 306 valence electrons. The highest BCUT2D eigenvalue weighted by Gasteiger charge is 2.65. The van der Waals surface area contributed by atoms with Crippen molar-refractivity contribution in [2.75, 3.05) is 34.0 Å². The fourth-order valence-electron chi connectivity index (χ4n) is 9.42. The largest absolute Gasteiger partial charge is 0.459 e. The molecule has 4 aromatic carbocycles. The summed E-state index contributed by atoms with van der Waals surface area (Å²) in [5.74, 6) is -0.0735. The molecule has 1 fully saturated rings. The van der Waals surface area contributed by atoms with E-state index in [0.29, 0.717) is 46.9 Å². The standard InChI is InChI=1S/C49H53N3O7/c1-4-28-57-49-45(52(2)48(55)36-18-16-33(32-50)17-19-36)31-43(51-56-3)41-29-37(14-8-10-26-53)40(15-9-11-27-54)46(47(41)49)42-30-39(24-25-44(42)59-49)58-38-22-20-35(21-23-38)34-12-6-5-7-13-34/h4-7,12-13,16-25,29-30,37,40,45-47,53-54H,1,8-11,14-15,26-28,31H2,2-3H3. The number of oxime groups is 1. The minimum atomic E-state index is -1.37. The van der Waals surface area contributed by atoms with Crippen LogP contribution >= 0.6 is 0 Å². The number of unbranched alkanes of at least 4 members (excludes halogenated alkanes) is 2. The second-order valence-electron chi connectivity index (χ2n) is 15.6. The number of ether oxygens (including phenoxy) is 3. The zero-order chi connectivity index (χ0) is 41.4. The summed E-state index contributed by atoms with van der Waals surface area (Å²) in [6, 6.07) is 32.3. The van der Waals surface area contributed by atoms with Gasteiger partial charge in [0, 0.05) is 43.7 Å². The Kier molecular flexibility index (Phi) is 13.3. The van der Waals surface area contributed by atoms with Crippen LogP contribution in [0.15, 0.2) is 127 Å². The van der Waals surface area contributed by atoms with Crippen LogP contribution in [0.4, 0.5) is 0 Å². The number of fused-ring (bicyclic) bond motifs is 2. The molecule has 1 aliphatic heterocycles. The van der Waals surface area contributed by atoms with Crippen molar-refractivity contribution in [2.24, 2.45) is 22.9 Å². The molecule has 0 aromatic heterocycles. The lowest BCUT2D eigenvalue weighted by atomic mass is 9.55. The van der Waals surface area contributed by atoms with E-state index in [1.165, 1.54) is 7.11 Å². The highest BCUT2D eigenvalue weighted by atomic mass is 16.7. The second kappa shape index (κ2) is 18.9. The van der Waals surface area contributed by atoms with Crippen molar-refractivity contribution in [3.05, 3.63) is 138 Å². The fraction of sp³-hybridized carbons (Fsp3) is 0.367. The Morgan fingerprint density at radius 1 is 0.949 bits per heavy atom. The Morgan fingerprint density at radius 3 is 2.32 bits per heavy atom. The number of amides is 1. The van der Waals surface area contributed by atoms with Gasteiger partial charge in [-0.3, -0.25) is 4.79 Å². The molecule has 1 amide bonds. The number of aliphatic hydroxyl groups excluding tert-OH is 2. The third kappa shape index (κ3) is 8.55. The predicted molar refractivity (Wildman–Crippen MR) is 227 cm³/mol. The number of aliphatic hydroxyl groups is 2. The molecule has 2 aliphatic carbocycles. The molecule has 6 unspecified atom stereocenters. The molecule has 10 nitrogen and oxygen atoms in total. The Labute approximate surface area is 347 Å². The van der Waals surface area contributed by atoms with Crippen molar-refractivity contribution in [2.45, 2.75) is 62.7 Å². The maximum absolute atomic E-state index is 14.4. The number of nitriles is 1. The van der Waals surface area contributed by atoms with Gasteiger partial charge in [-0.2, -0.15) is 5.26 Å². The van der Waals surface area contributed by atoms with E-state index in [1.54, 1.807) is 42.3 Å². The summed E-state index contributed by atoms with van der Waals surface area (Å²) in [6.07, 6.45) is 8.96. The minimum Gasteiger partial charge on any atom is -0.459 e. The van der Waals surface area contributed by atoms with Crippen LogP contribution < -0.4 is 9.47 Å². The van der Waals surface area contributed by atoms with Gasteiger partial charge in [0.25, 0.3) is 5.91 Å². The Bertz CT molecular complexity index is 2180. The molecule has 0 radical (unpaired) electrons. The van der Waals surface area contributed by atoms with Gasteiger partial charge >= 0.3 is 0 Å². The van der Waals surface area contributed by atoms with Crippen LogP contribution in [0.1, 0.15) is 72.3 Å². The molecule has 1 heterocycles. The first-order valence-electron chi connectivity index (χ1n) is 20.6. The number of allylic oxidation sites excluding steroid dienone is 1. The number of carbonyl (C=O) groups excluding carboxylic acids is 1. The van der Waals surface area contributed by atoms with Gasteiger partial charge in [-0.15, -0.1) is 6.58 Å². The number of hydrogen-bond donors (Lipinski definition) is 2. The number of hydrogen-bond acceptors (Lipinski definition) is 9. The van der Waals surface area contributed by atoms with Gasteiger partial charge in [0.15, 0.2) is 0 Å². The summed E-state index contributed by atoms with van der Waals surface area (Å²) < 4.78 is 20.8. The van der Waals surface area contributed by atoms with E-state index in [1.807, 2.05) is 42.5 Å². The summed E-state index contributed by atoms with van der Waals surface area (Å²) in [7, 11) is 3.29. The fourth-order valence-corrected chi connectivity index (χ4v) is 9.42. The normalized spacial score (nSPS) is 23.5. The Hall–Kier alpha value is -5.73. The average Bonchev–Trinajstić information content (AvgIpc) is 3.27. The van der Waals surface area contributed by atoms with E-state index in [4.69, 9.17) is 19.0 Å². The van der Waals surface area contributed by atoms with Crippen LogP contribution in [0.25, 0.3) is 11.1 Å². The number of rotatable bonds is 17. The third-order valence-corrected chi connectivity index (χ3v) is 12.1. The Balaban J connectivity index is 1.37. The van der Waals surface area contributed by atoms with E-state index in [9.17, 15) is 20.3 Å². The van der Waals surface area contributed by atoms with Crippen LogP contribution in [0.3, 0.4) is 0 Å². The summed E-state index contributed by atoms with van der Waals surface area (Å²) in [5.41, 5.74) is 5.74. The maximum Gasteiger partial charge on any atom is 0.254 e. The molecule has 59 heavy (non-hydrogen) atoms. The van der Waals surface area contributed by atoms with E-state index in [2.05, 4.69) is 54.2 Å². The number of likely N-dealkylation sites (N-methyl/N-ethyl adjacent to an activating group) is 1. The van der Waals surface area contributed by atoms with E-state index in [-0.39, 0.29) is 49.9 Å². The lowest BCUT2D eigenvalue weighted by Crippen LogP contribution is -2.69. The zero-order valence-electron chi connectivity index (χ0n) is 33.8. The highest BCUT2D eigenvalue weighted by molar-refractivity contribution is 6.03. The molecule has 6 atom stereocenters. The molecule has 4 aromatic rings. The van der Waals surface area contributed by atoms with Crippen LogP contribution in [-0.2, 0) is 9.57 Å². The number of nitrogens with zero attached hydrogens (tertiary/aromatic N) is 3. The van der Waals surface area contributed by atoms with Gasteiger partial charge < -0.3 is 34.2 Å². The summed E-state index contributed by atoms with van der Waals surface area (Å²) in [5, 5.41) is 33.8. The van der Waals surface area contributed by atoms with Gasteiger partial charge in [-0.05, 0) is 109 Å². The van der Waals surface area contributed by atoms with E-state index < -0.39 is 17.7 Å². The molecule has 2 N–H and O–H groups in total. The topological polar surface area (TPSA) is 134 Å². The predicted octanol–water partition coefficient (Wildman–Crippen LogP) is 9.05. The maximum atomic E-state index is 14.4. The van der Waals surface area contributed by atoms with E-state index in [0.717, 1.165) is 47.9 Å². The van der Waals surface area contributed by atoms with Crippen molar-refractivity contribution in [1.82, 2.24) is 4.90 Å². The van der Waals surface area contributed by atoms with Crippen LogP contribution in [0.2, 0.25) is 0 Å². The van der Waals surface area contributed by atoms with Crippen molar-refractivity contribution in [1.29, 1.82) is 5.26 Å². The smallest absolute Gasteiger partial charge is 0.254 e. The quantitative estimate of drug-likeness (QED) is 0.0615. The van der Waals surface area contributed by atoms with Gasteiger partial charge in [0.2, 0.25) is 5.79 Å². The van der Waals surface area contributed by atoms with Gasteiger partial charge in [0.05, 0.1) is 29.9 Å². The molecule has 1 saturated carbocycles. The lowest BCUT2D eigenvalue weighted by Gasteiger charge is -2.59. The molecular formula is C49H53N3O7. The highest BCUT2D eigenvalue weighted by Crippen LogP contribution is 2.62. The molecule has 0 bridgehead atoms. The lowest BCUT2D eigenvalue weighted by molar-refractivity contribution is -0.252. The SMILES string of the molecule is C=CCOC12Oc3ccc(Oc4ccc(-c5ccccc5)cc4)cc3C3C(CCCCO)C(CCCCO)C=C(C(=NOC)CC1N(C)C(=O)c1ccc(C#N)cc1)C32. The summed E-state index contributed by atoms with van der Waals surface area (Å²) in [4.78, 5) is 21.6. The molecule has 10 heteroatoms. The first-order valence-corrected chi connectivity index (χ1v) is 20.6. The van der Waals surface area contributed by atoms with E-state index >= 15 is 0 Å². The third-order valence-electron chi connectivity index (χ3n) is 12.1. The van der Waals surface area contributed by atoms with Crippen LogP contribution in [0, 0.1) is 29.1 Å². The van der Waals surface area contributed by atoms with Gasteiger partial charge in [-0.25, -0.2) is 0 Å². The minimum absolute atomic E-state index is 0.0748. The number of benzene rings is 4. The summed E-state index contributed by atoms with van der Waals surface area (Å²) >= 11 is 0. The Morgan fingerprint density at radius 2 is 1.64 bits per heavy atom. The van der Waals surface area contributed by atoms with Gasteiger partial charge in [-0.1, -0.05) is 72.6 Å². The molecule has 0 saturated heterocycles. The molecule has 7 rings (SSSR count). The molecular weight excluding hydrogens is 743 g/mol. The van der Waals surface area contributed by atoms with Crippen molar-refractivity contribution < 1.29 is 34.1 Å². The average molecular weight is 796 g/mol. The zero-order valence-corrected chi connectivity index (χ0v) is 33.8. The monoisotopic (exact) mass is 795 g/mol. The van der Waals surface area contributed by atoms with Gasteiger partial charge in [0.1, 0.15) is 30.4 Å².